The molecule has 1 aliphatic carbocycles. The van der Waals surface area contributed by atoms with Gasteiger partial charge >= 0.3 is 6.03 Å². The first-order valence-corrected chi connectivity index (χ1v) is 13.1. The molecule has 1 saturated heterocycles. The van der Waals surface area contributed by atoms with Crippen LogP contribution in [0.5, 0.6) is 5.75 Å². The maximum absolute atomic E-state index is 12.7. The van der Waals surface area contributed by atoms with Gasteiger partial charge in [-0.25, -0.2) is 4.79 Å². The van der Waals surface area contributed by atoms with Crippen LogP contribution in [0, 0.1) is 11.3 Å². The number of ether oxygens (including phenoxy) is 1. The topological polar surface area (TPSA) is 97.9 Å². The Labute approximate surface area is 210 Å². The van der Waals surface area contributed by atoms with Crippen molar-refractivity contribution < 1.29 is 14.6 Å². The van der Waals surface area contributed by atoms with Gasteiger partial charge in [0.15, 0.2) is 0 Å². The Morgan fingerprint density at radius 2 is 2.11 bits per heavy atom. The molecule has 0 aromatic heterocycles. The molecule has 4 atom stereocenters. The van der Waals surface area contributed by atoms with E-state index < -0.39 is 6.10 Å². The molecule has 2 N–H and O–H groups in total. The molecule has 2 heterocycles. The van der Waals surface area contributed by atoms with Gasteiger partial charge in [-0.2, -0.15) is 5.26 Å². The number of hydrogen-bond donors (Lipinski definition) is 2. The maximum atomic E-state index is 12.7. The second-order valence-electron chi connectivity index (χ2n) is 9.59. The molecule has 2 amide bonds. The lowest BCUT2D eigenvalue weighted by Crippen LogP contribution is -2.40. The summed E-state index contributed by atoms with van der Waals surface area (Å²) in [5, 5.41) is 22.6. The number of urea groups is 1. The minimum Gasteiger partial charge on any atom is -0.490 e. The monoisotopic (exact) mass is 490 g/mol. The van der Waals surface area contributed by atoms with Gasteiger partial charge in [0.25, 0.3) is 0 Å². The van der Waals surface area contributed by atoms with Crippen LogP contribution < -0.4 is 10.1 Å². The number of β-amino-alcohol motifs (C(OH)–C–C–N with tert-alkyl or cyclic N) is 1. The van der Waals surface area contributed by atoms with Gasteiger partial charge in [0.1, 0.15) is 17.2 Å². The SMILES string of the molecule is CC(C)Oc1ccc(C2N=CC(c3cccc4c3CCC4NC(=O)N3CCC(O)C3)S2)cc1C#N. The molecule has 0 bridgehead atoms. The van der Waals surface area contributed by atoms with Crippen molar-refractivity contribution in [3.05, 3.63) is 64.2 Å². The molecule has 0 spiro atoms. The van der Waals surface area contributed by atoms with Crippen molar-refractivity contribution in [1.29, 1.82) is 5.26 Å². The Bertz CT molecular complexity index is 1190. The standard InChI is InChI=1S/C27H30N4O3S/c1-16(2)34-24-9-6-17(12-18(24)13-28)26-29-14-25(35-26)22-5-3-4-21-20(22)7-8-23(21)30-27(33)31-11-10-19(32)15-31/h3-6,9,12,14,16,19,23,25-26,32H,7-8,10-11,15H2,1-2H3,(H,30,33). The summed E-state index contributed by atoms with van der Waals surface area (Å²) in [5.41, 5.74) is 5.23. The van der Waals surface area contributed by atoms with Crippen LogP contribution in [0.3, 0.4) is 0 Å². The summed E-state index contributed by atoms with van der Waals surface area (Å²) in [4.78, 5) is 19.1. The van der Waals surface area contributed by atoms with Gasteiger partial charge in [0, 0.05) is 19.3 Å². The summed E-state index contributed by atoms with van der Waals surface area (Å²) in [6.45, 7) is 4.89. The van der Waals surface area contributed by atoms with E-state index in [1.807, 2.05) is 38.3 Å². The van der Waals surface area contributed by atoms with Gasteiger partial charge in [-0.15, -0.1) is 11.8 Å². The van der Waals surface area contributed by atoms with Gasteiger partial charge in [-0.3, -0.25) is 4.99 Å². The van der Waals surface area contributed by atoms with E-state index >= 15 is 0 Å². The number of aliphatic hydroxyl groups is 1. The van der Waals surface area contributed by atoms with Crippen LogP contribution in [0.2, 0.25) is 0 Å². The summed E-state index contributed by atoms with van der Waals surface area (Å²) in [6.07, 6.45) is 4.02. The van der Waals surface area contributed by atoms with E-state index in [1.165, 1.54) is 16.7 Å². The number of nitrogens with zero attached hydrogens (tertiary/aromatic N) is 3. The lowest BCUT2D eigenvalue weighted by Gasteiger charge is -2.21. The van der Waals surface area contributed by atoms with Crippen LogP contribution in [0.25, 0.3) is 0 Å². The molecule has 1 fully saturated rings. The van der Waals surface area contributed by atoms with Crippen molar-refractivity contribution in [2.75, 3.05) is 13.1 Å². The number of nitriles is 1. The molecule has 0 radical (unpaired) electrons. The van der Waals surface area contributed by atoms with Crippen molar-refractivity contribution in [3.63, 3.8) is 0 Å². The molecular weight excluding hydrogens is 460 g/mol. The molecule has 2 aromatic rings. The molecule has 2 aromatic carbocycles. The van der Waals surface area contributed by atoms with E-state index in [-0.39, 0.29) is 28.8 Å². The van der Waals surface area contributed by atoms with Gasteiger partial charge in [0.2, 0.25) is 0 Å². The molecule has 2 aliphatic heterocycles. The van der Waals surface area contributed by atoms with Crippen molar-refractivity contribution in [2.45, 2.75) is 62.0 Å². The van der Waals surface area contributed by atoms with Crippen LogP contribution in [0.4, 0.5) is 4.79 Å². The third-order valence-corrected chi connectivity index (χ3v) is 8.09. The van der Waals surface area contributed by atoms with E-state index in [9.17, 15) is 15.2 Å². The number of likely N-dealkylation sites (tertiary alicyclic amines) is 1. The summed E-state index contributed by atoms with van der Waals surface area (Å²) in [5.74, 6) is 0.604. The number of nitrogens with one attached hydrogen (secondary N) is 1. The number of rotatable bonds is 5. The number of benzene rings is 2. The predicted octanol–water partition coefficient (Wildman–Crippen LogP) is 4.67. The van der Waals surface area contributed by atoms with E-state index in [1.54, 1.807) is 16.7 Å². The highest BCUT2D eigenvalue weighted by Gasteiger charge is 2.33. The predicted molar refractivity (Wildman–Crippen MR) is 137 cm³/mol. The lowest BCUT2D eigenvalue weighted by molar-refractivity contribution is 0.170. The molecule has 7 nitrogen and oxygen atoms in total. The molecule has 182 valence electrons. The van der Waals surface area contributed by atoms with Crippen LogP contribution in [-0.4, -0.2) is 47.5 Å². The number of hydrogen-bond acceptors (Lipinski definition) is 6. The van der Waals surface area contributed by atoms with E-state index in [0.717, 1.165) is 18.4 Å². The highest BCUT2D eigenvalue weighted by molar-refractivity contribution is 8.00. The first-order chi connectivity index (χ1) is 16.9. The summed E-state index contributed by atoms with van der Waals surface area (Å²) >= 11 is 1.76. The van der Waals surface area contributed by atoms with Crippen LogP contribution in [0.15, 0.2) is 41.4 Å². The molecule has 35 heavy (non-hydrogen) atoms. The fraction of sp³-hybridized carbons (Fsp3) is 0.444. The number of aliphatic imine (C=N–C) groups is 1. The zero-order valence-electron chi connectivity index (χ0n) is 20.0. The zero-order chi connectivity index (χ0) is 24.5. The Kier molecular flexibility index (Phi) is 6.72. The fourth-order valence-electron chi connectivity index (χ4n) is 5.09. The van der Waals surface area contributed by atoms with E-state index in [2.05, 4.69) is 29.6 Å². The fourth-order valence-corrected chi connectivity index (χ4v) is 6.32. The summed E-state index contributed by atoms with van der Waals surface area (Å²) in [6, 6.07) is 14.2. The molecular formula is C27H30N4O3S. The Balaban J connectivity index is 1.29. The molecule has 8 heteroatoms. The van der Waals surface area contributed by atoms with Gasteiger partial charge in [-0.05, 0) is 67.5 Å². The van der Waals surface area contributed by atoms with Gasteiger partial charge < -0.3 is 20.1 Å². The normalized spacial score (nSPS) is 25.1. The molecule has 4 unspecified atom stereocenters. The van der Waals surface area contributed by atoms with Crippen molar-refractivity contribution >= 4 is 24.0 Å². The zero-order valence-corrected chi connectivity index (χ0v) is 20.8. The van der Waals surface area contributed by atoms with Gasteiger partial charge in [-0.1, -0.05) is 24.3 Å². The maximum Gasteiger partial charge on any atom is 0.317 e. The number of amides is 2. The van der Waals surface area contributed by atoms with Gasteiger partial charge in [0.05, 0.1) is 29.1 Å². The molecule has 5 rings (SSSR count). The van der Waals surface area contributed by atoms with Crippen LogP contribution in [0.1, 0.15) is 71.2 Å². The van der Waals surface area contributed by atoms with E-state index in [0.29, 0.717) is 30.8 Å². The van der Waals surface area contributed by atoms with E-state index in [4.69, 9.17) is 9.73 Å². The Morgan fingerprint density at radius 3 is 2.86 bits per heavy atom. The van der Waals surface area contributed by atoms with Crippen molar-refractivity contribution in [2.24, 2.45) is 4.99 Å². The Hall–Kier alpha value is -3.02. The second-order valence-corrected chi connectivity index (χ2v) is 10.8. The van der Waals surface area contributed by atoms with Crippen molar-refractivity contribution in [3.8, 4) is 11.8 Å². The quantitative estimate of drug-likeness (QED) is 0.635. The first kappa shape index (κ1) is 23.7. The molecule has 3 aliphatic rings. The second kappa shape index (κ2) is 9.92. The third kappa shape index (κ3) is 4.89. The minimum absolute atomic E-state index is 0.00642. The largest absolute Gasteiger partial charge is 0.490 e. The molecule has 0 saturated carbocycles. The average molecular weight is 491 g/mol. The lowest BCUT2D eigenvalue weighted by atomic mass is 10.00. The van der Waals surface area contributed by atoms with Crippen molar-refractivity contribution in [1.82, 2.24) is 10.2 Å². The number of thioether (sulfide) groups is 1. The number of carbonyl (C=O) groups excluding carboxylic acids is 1. The number of aliphatic hydroxyl groups excluding tert-OH is 1. The average Bonchev–Trinajstić information content (AvgIpc) is 3.59. The minimum atomic E-state index is -0.419. The van der Waals surface area contributed by atoms with Crippen LogP contribution >= 0.6 is 11.8 Å². The highest BCUT2D eigenvalue weighted by atomic mass is 32.2. The summed E-state index contributed by atoms with van der Waals surface area (Å²) < 4.78 is 5.76. The highest BCUT2D eigenvalue weighted by Crippen LogP contribution is 2.48. The number of fused-ring (bicyclic) bond motifs is 1. The first-order valence-electron chi connectivity index (χ1n) is 12.2. The Morgan fingerprint density at radius 1 is 1.29 bits per heavy atom. The summed E-state index contributed by atoms with van der Waals surface area (Å²) in [7, 11) is 0. The third-order valence-electron chi connectivity index (χ3n) is 6.77. The smallest absolute Gasteiger partial charge is 0.317 e. The number of carbonyl (C=O) groups is 1. The van der Waals surface area contributed by atoms with Crippen LogP contribution in [-0.2, 0) is 6.42 Å².